The summed E-state index contributed by atoms with van der Waals surface area (Å²) in [6, 6.07) is 0. The quantitative estimate of drug-likeness (QED) is 0.344. The molecular formula is C10H22ClNO2. The molecule has 4 heteroatoms. The van der Waals surface area contributed by atoms with Crippen molar-refractivity contribution in [2.45, 2.75) is 33.2 Å². The molecule has 0 radical (unpaired) electrons. The van der Waals surface area contributed by atoms with Crippen LogP contribution in [0.3, 0.4) is 0 Å². The number of hydrogen-bond donors (Lipinski definition) is 1. The Bertz CT molecular complexity index is 181. The van der Waals surface area contributed by atoms with Gasteiger partial charge in [-0.05, 0) is 6.92 Å². The average molecular weight is 224 g/mol. The Kier molecular flexibility index (Phi) is 7.48. The first kappa shape index (κ1) is 16.3. The molecule has 0 aromatic carbocycles. The summed E-state index contributed by atoms with van der Waals surface area (Å²) < 4.78 is 5.98. The number of aliphatic hydroxyl groups excluding tert-OH is 1. The van der Waals surface area contributed by atoms with E-state index in [0.717, 1.165) is 5.57 Å². The van der Waals surface area contributed by atoms with Gasteiger partial charge in [0.2, 0.25) is 0 Å². The molecule has 3 nitrogen and oxygen atoms in total. The molecule has 14 heavy (non-hydrogen) atoms. The van der Waals surface area contributed by atoms with Crippen molar-refractivity contribution in [3.05, 3.63) is 12.2 Å². The SMILES string of the molecule is C=C(C)COC(C)[N+](C)(C)C(C)O.[Cl-]. The van der Waals surface area contributed by atoms with E-state index in [0.29, 0.717) is 11.1 Å². The van der Waals surface area contributed by atoms with E-state index in [1.165, 1.54) is 0 Å². The maximum Gasteiger partial charge on any atom is 0.192 e. The van der Waals surface area contributed by atoms with E-state index in [1.54, 1.807) is 6.92 Å². The van der Waals surface area contributed by atoms with Crippen LogP contribution in [0.5, 0.6) is 0 Å². The molecule has 0 amide bonds. The second-order valence-electron chi connectivity index (χ2n) is 4.13. The van der Waals surface area contributed by atoms with Gasteiger partial charge in [0.15, 0.2) is 12.5 Å². The molecule has 0 aliphatic rings. The van der Waals surface area contributed by atoms with Gasteiger partial charge in [-0.1, -0.05) is 12.2 Å². The Hall–Kier alpha value is -0.0900. The molecule has 0 rings (SSSR count). The maximum atomic E-state index is 9.49. The number of aliphatic hydroxyl groups is 1. The summed E-state index contributed by atoms with van der Waals surface area (Å²) >= 11 is 0. The van der Waals surface area contributed by atoms with Crippen molar-refractivity contribution in [2.24, 2.45) is 0 Å². The second-order valence-corrected chi connectivity index (χ2v) is 4.13. The second kappa shape index (κ2) is 6.40. The number of nitrogens with zero attached hydrogens (tertiary/aromatic N) is 1. The van der Waals surface area contributed by atoms with Crippen LogP contribution in [0.4, 0.5) is 0 Å². The van der Waals surface area contributed by atoms with Gasteiger partial charge in [0.1, 0.15) is 0 Å². The summed E-state index contributed by atoms with van der Waals surface area (Å²) in [4.78, 5) is 0. The number of hydrogen-bond acceptors (Lipinski definition) is 2. The lowest BCUT2D eigenvalue weighted by Crippen LogP contribution is -3.00. The largest absolute Gasteiger partial charge is 1.00 e. The fourth-order valence-electron chi connectivity index (χ4n) is 0.759. The minimum absolute atomic E-state index is 0. The third-order valence-electron chi connectivity index (χ3n) is 2.47. The molecule has 0 aromatic rings. The first-order valence-corrected chi connectivity index (χ1v) is 4.56. The van der Waals surface area contributed by atoms with Gasteiger partial charge in [-0.15, -0.1) is 0 Å². The van der Waals surface area contributed by atoms with Crippen LogP contribution in [-0.2, 0) is 4.74 Å². The Morgan fingerprint density at radius 3 is 2.14 bits per heavy atom. The van der Waals surface area contributed by atoms with Crippen LogP contribution in [0.2, 0.25) is 0 Å². The molecular weight excluding hydrogens is 202 g/mol. The van der Waals surface area contributed by atoms with Crippen molar-refractivity contribution in [1.29, 1.82) is 0 Å². The lowest BCUT2D eigenvalue weighted by molar-refractivity contribution is -0.974. The summed E-state index contributed by atoms with van der Waals surface area (Å²) in [5, 5.41) is 9.49. The minimum atomic E-state index is -0.430. The maximum absolute atomic E-state index is 9.49. The molecule has 0 aromatic heterocycles. The van der Waals surface area contributed by atoms with E-state index in [1.807, 2.05) is 27.9 Å². The van der Waals surface area contributed by atoms with Gasteiger partial charge in [0.05, 0.1) is 20.7 Å². The minimum Gasteiger partial charge on any atom is -1.00 e. The van der Waals surface area contributed by atoms with Gasteiger partial charge in [0.25, 0.3) is 0 Å². The zero-order chi connectivity index (χ0) is 10.6. The predicted molar refractivity (Wildman–Crippen MR) is 54.0 cm³/mol. The zero-order valence-electron chi connectivity index (χ0n) is 9.75. The molecule has 0 spiro atoms. The van der Waals surface area contributed by atoms with Gasteiger partial charge >= 0.3 is 0 Å². The molecule has 0 heterocycles. The Morgan fingerprint density at radius 2 is 1.86 bits per heavy atom. The van der Waals surface area contributed by atoms with Crippen LogP contribution in [0.25, 0.3) is 0 Å². The van der Waals surface area contributed by atoms with Crippen LogP contribution in [0.1, 0.15) is 20.8 Å². The molecule has 2 unspecified atom stereocenters. The first-order chi connectivity index (χ1) is 5.78. The monoisotopic (exact) mass is 223 g/mol. The first-order valence-electron chi connectivity index (χ1n) is 4.56. The molecule has 0 aliphatic heterocycles. The van der Waals surface area contributed by atoms with E-state index in [9.17, 15) is 5.11 Å². The molecule has 0 saturated heterocycles. The van der Waals surface area contributed by atoms with Crippen molar-refractivity contribution in [3.8, 4) is 0 Å². The summed E-state index contributed by atoms with van der Waals surface area (Å²) in [5.74, 6) is 0. The van der Waals surface area contributed by atoms with Gasteiger partial charge in [0, 0.05) is 13.8 Å². The highest BCUT2D eigenvalue weighted by Crippen LogP contribution is 2.12. The molecule has 0 aliphatic carbocycles. The van der Waals surface area contributed by atoms with Crippen molar-refractivity contribution >= 4 is 0 Å². The Morgan fingerprint density at radius 1 is 1.43 bits per heavy atom. The normalized spacial score (nSPS) is 15.6. The standard InChI is InChI=1S/C10H22NO2.ClH/c1-8(2)7-13-10(4)11(5,6)9(3)12;/h9-10,12H,1,7H2,2-6H3;1H/q+1;/p-1. The summed E-state index contributed by atoms with van der Waals surface area (Å²) in [7, 11) is 3.88. The van der Waals surface area contributed by atoms with E-state index in [-0.39, 0.29) is 18.6 Å². The number of ether oxygens (including phenoxy) is 1. The highest BCUT2D eigenvalue weighted by molar-refractivity contribution is 4.87. The fourth-order valence-corrected chi connectivity index (χ4v) is 0.759. The van der Waals surface area contributed by atoms with E-state index < -0.39 is 6.23 Å². The van der Waals surface area contributed by atoms with Crippen LogP contribution in [0, 0.1) is 0 Å². The highest BCUT2D eigenvalue weighted by atomic mass is 35.5. The Labute approximate surface area is 93.4 Å². The summed E-state index contributed by atoms with van der Waals surface area (Å²) in [5.41, 5.74) is 0.998. The lowest BCUT2D eigenvalue weighted by Gasteiger charge is -2.37. The molecule has 0 bridgehead atoms. The van der Waals surface area contributed by atoms with Crippen molar-refractivity contribution in [3.63, 3.8) is 0 Å². The van der Waals surface area contributed by atoms with Gasteiger partial charge < -0.3 is 22.3 Å². The summed E-state index contributed by atoms with van der Waals surface area (Å²) in [6.45, 7) is 9.95. The fraction of sp³-hybridized carbons (Fsp3) is 0.800. The van der Waals surface area contributed by atoms with Crippen molar-refractivity contribution in [1.82, 2.24) is 0 Å². The van der Waals surface area contributed by atoms with Crippen molar-refractivity contribution < 1.29 is 26.7 Å². The zero-order valence-corrected chi connectivity index (χ0v) is 10.5. The molecule has 86 valence electrons. The van der Waals surface area contributed by atoms with Crippen LogP contribution in [-0.4, -0.2) is 42.7 Å². The van der Waals surface area contributed by atoms with Crippen LogP contribution < -0.4 is 12.4 Å². The predicted octanol–water partition coefficient (Wildman–Crippen LogP) is -1.66. The van der Waals surface area contributed by atoms with Crippen molar-refractivity contribution in [2.75, 3.05) is 20.7 Å². The van der Waals surface area contributed by atoms with Crippen LogP contribution in [0.15, 0.2) is 12.2 Å². The number of quaternary nitrogens is 1. The Balaban J connectivity index is 0. The topological polar surface area (TPSA) is 29.5 Å². The third kappa shape index (κ3) is 4.96. The summed E-state index contributed by atoms with van der Waals surface area (Å²) in [6.07, 6.45) is -0.461. The lowest BCUT2D eigenvalue weighted by atomic mass is 10.3. The van der Waals surface area contributed by atoms with Gasteiger partial charge in [-0.25, -0.2) is 0 Å². The number of rotatable bonds is 5. The highest BCUT2D eigenvalue weighted by Gasteiger charge is 2.29. The van der Waals surface area contributed by atoms with Crippen LogP contribution >= 0.6 is 0 Å². The van der Waals surface area contributed by atoms with E-state index in [2.05, 4.69) is 6.58 Å². The smallest absolute Gasteiger partial charge is 0.192 e. The van der Waals surface area contributed by atoms with E-state index in [4.69, 9.17) is 4.74 Å². The third-order valence-corrected chi connectivity index (χ3v) is 2.47. The molecule has 0 fully saturated rings. The molecule has 2 atom stereocenters. The number of halogens is 1. The van der Waals surface area contributed by atoms with Gasteiger partial charge in [-0.2, -0.15) is 0 Å². The van der Waals surface area contributed by atoms with E-state index >= 15 is 0 Å². The average Bonchev–Trinajstić information content (AvgIpc) is 1.99. The van der Waals surface area contributed by atoms with Gasteiger partial charge in [-0.3, -0.25) is 4.48 Å². The molecule has 0 saturated carbocycles. The molecule has 1 N–H and O–H groups in total.